The molecule has 7 heteroatoms. The third kappa shape index (κ3) is 5.28. The summed E-state index contributed by atoms with van der Waals surface area (Å²) in [6.07, 6.45) is 4.19. The highest BCUT2D eigenvalue weighted by molar-refractivity contribution is 5.94. The van der Waals surface area contributed by atoms with Crippen molar-refractivity contribution in [1.82, 2.24) is 9.80 Å². The normalized spacial score (nSPS) is 16.9. The molecular weight excluding hydrogens is 372 g/mol. The fraction of sp³-hybridized carbons (Fsp3) is 0.591. The Labute approximate surface area is 171 Å². The second kappa shape index (κ2) is 9.76. The van der Waals surface area contributed by atoms with Crippen LogP contribution in [-0.2, 0) is 9.59 Å². The average molecular weight is 402 g/mol. The predicted octanol–water partition coefficient (Wildman–Crippen LogP) is 2.53. The van der Waals surface area contributed by atoms with Crippen molar-refractivity contribution in [3.05, 3.63) is 23.8 Å². The zero-order valence-corrected chi connectivity index (χ0v) is 17.3. The van der Waals surface area contributed by atoms with E-state index in [1.165, 1.54) is 14.0 Å². The summed E-state index contributed by atoms with van der Waals surface area (Å²) < 4.78 is 11.0. The molecule has 1 heterocycles. The van der Waals surface area contributed by atoms with Crippen molar-refractivity contribution in [2.24, 2.45) is 5.92 Å². The molecule has 2 aliphatic rings. The van der Waals surface area contributed by atoms with Crippen molar-refractivity contribution in [1.29, 1.82) is 0 Å². The van der Waals surface area contributed by atoms with Crippen LogP contribution in [0.5, 0.6) is 11.5 Å². The summed E-state index contributed by atoms with van der Waals surface area (Å²) in [6, 6.07) is 5.08. The van der Waals surface area contributed by atoms with E-state index in [1.807, 2.05) is 9.80 Å². The van der Waals surface area contributed by atoms with Gasteiger partial charge in [-0.25, -0.2) is 0 Å². The van der Waals surface area contributed by atoms with Crippen LogP contribution in [0.15, 0.2) is 18.2 Å². The number of hydrogen-bond acceptors (Lipinski definition) is 5. The molecule has 7 nitrogen and oxygen atoms in total. The van der Waals surface area contributed by atoms with Crippen LogP contribution in [-0.4, -0.2) is 67.3 Å². The van der Waals surface area contributed by atoms with Gasteiger partial charge in [-0.05, 0) is 44.4 Å². The summed E-state index contributed by atoms with van der Waals surface area (Å²) in [5.74, 6) is 1.62. The molecule has 0 spiro atoms. The highest BCUT2D eigenvalue weighted by atomic mass is 16.5. The quantitative estimate of drug-likeness (QED) is 0.493. The summed E-state index contributed by atoms with van der Waals surface area (Å²) in [5, 5.41) is 0. The van der Waals surface area contributed by atoms with Crippen molar-refractivity contribution in [3.63, 3.8) is 0 Å². The number of carbonyl (C=O) groups is 3. The van der Waals surface area contributed by atoms with E-state index in [1.54, 1.807) is 18.2 Å². The van der Waals surface area contributed by atoms with Crippen LogP contribution < -0.4 is 9.47 Å². The van der Waals surface area contributed by atoms with Crippen molar-refractivity contribution < 1.29 is 23.9 Å². The van der Waals surface area contributed by atoms with Gasteiger partial charge in [0.2, 0.25) is 11.8 Å². The molecule has 158 valence electrons. The van der Waals surface area contributed by atoms with Crippen LogP contribution in [0.4, 0.5) is 0 Å². The molecule has 2 fully saturated rings. The summed E-state index contributed by atoms with van der Waals surface area (Å²) >= 11 is 0. The van der Waals surface area contributed by atoms with E-state index >= 15 is 0 Å². The minimum absolute atomic E-state index is 0.0325. The van der Waals surface area contributed by atoms with Gasteiger partial charge in [-0.1, -0.05) is 6.42 Å². The molecule has 1 aromatic carbocycles. The first kappa shape index (κ1) is 21.1. The molecule has 0 bridgehead atoms. The lowest BCUT2D eigenvalue weighted by atomic mass is 9.84. The number of Topliss-reactive ketones (excluding diaryl/α,β-unsaturated/α-hetero) is 1. The smallest absolute Gasteiger partial charge is 0.225 e. The van der Waals surface area contributed by atoms with Crippen LogP contribution in [0.2, 0.25) is 0 Å². The zero-order chi connectivity index (χ0) is 20.8. The van der Waals surface area contributed by atoms with E-state index in [0.717, 1.165) is 19.3 Å². The summed E-state index contributed by atoms with van der Waals surface area (Å²) in [6.45, 7) is 4.39. The van der Waals surface area contributed by atoms with Crippen molar-refractivity contribution in [2.75, 3.05) is 39.9 Å². The Morgan fingerprint density at radius 3 is 2.31 bits per heavy atom. The molecule has 0 N–H and O–H groups in total. The largest absolute Gasteiger partial charge is 0.493 e. The zero-order valence-electron chi connectivity index (χ0n) is 17.3. The first-order chi connectivity index (χ1) is 14.0. The van der Waals surface area contributed by atoms with Gasteiger partial charge in [0.1, 0.15) is 0 Å². The van der Waals surface area contributed by atoms with Gasteiger partial charge in [-0.2, -0.15) is 0 Å². The Morgan fingerprint density at radius 2 is 1.72 bits per heavy atom. The van der Waals surface area contributed by atoms with E-state index in [2.05, 4.69) is 0 Å². The molecule has 0 aromatic heterocycles. The fourth-order valence-electron chi connectivity index (χ4n) is 3.66. The third-order valence-electron chi connectivity index (χ3n) is 5.76. The minimum Gasteiger partial charge on any atom is -0.493 e. The van der Waals surface area contributed by atoms with Gasteiger partial charge in [0, 0.05) is 44.1 Å². The highest BCUT2D eigenvalue weighted by Gasteiger charge is 2.31. The Hall–Kier alpha value is -2.57. The molecule has 0 radical (unpaired) electrons. The van der Waals surface area contributed by atoms with E-state index < -0.39 is 0 Å². The molecule has 3 rings (SSSR count). The fourth-order valence-corrected chi connectivity index (χ4v) is 3.66. The number of amides is 2. The molecule has 0 unspecified atom stereocenters. The second-order valence-electron chi connectivity index (χ2n) is 7.71. The summed E-state index contributed by atoms with van der Waals surface area (Å²) in [7, 11) is 1.53. The molecule has 1 aliphatic heterocycles. The number of ketones is 1. The summed E-state index contributed by atoms with van der Waals surface area (Å²) in [4.78, 5) is 39.9. The number of rotatable bonds is 8. The monoisotopic (exact) mass is 402 g/mol. The average Bonchev–Trinajstić information content (AvgIpc) is 2.69. The van der Waals surface area contributed by atoms with Gasteiger partial charge < -0.3 is 19.3 Å². The molecule has 1 saturated heterocycles. The molecule has 1 aliphatic carbocycles. The van der Waals surface area contributed by atoms with E-state index in [4.69, 9.17) is 9.47 Å². The highest BCUT2D eigenvalue weighted by Crippen LogP contribution is 2.29. The summed E-state index contributed by atoms with van der Waals surface area (Å²) in [5.41, 5.74) is 0.569. The Kier molecular flexibility index (Phi) is 7.12. The maximum Gasteiger partial charge on any atom is 0.225 e. The van der Waals surface area contributed by atoms with Crippen molar-refractivity contribution in [2.45, 2.75) is 39.0 Å². The Bertz CT molecular complexity index is 752. The van der Waals surface area contributed by atoms with Gasteiger partial charge in [-0.15, -0.1) is 0 Å². The number of benzene rings is 1. The lowest BCUT2D eigenvalue weighted by molar-refractivity contribution is -0.144. The van der Waals surface area contributed by atoms with Gasteiger partial charge in [0.25, 0.3) is 0 Å². The Balaban J connectivity index is 1.38. The number of hydrogen-bond donors (Lipinski definition) is 0. The van der Waals surface area contributed by atoms with Crippen LogP contribution in [0.3, 0.4) is 0 Å². The Morgan fingerprint density at radius 1 is 1.03 bits per heavy atom. The molecule has 0 atom stereocenters. The number of piperazine rings is 1. The van der Waals surface area contributed by atoms with Crippen LogP contribution >= 0.6 is 0 Å². The van der Waals surface area contributed by atoms with Crippen LogP contribution in [0, 0.1) is 5.92 Å². The predicted molar refractivity (Wildman–Crippen MR) is 108 cm³/mol. The van der Waals surface area contributed by atoms with Gasteiger partial charge in [0.15, 0.2) is 17.3 Å². The van der Waals surface area contributed by atoms with Gasteiger partial charge in [-0.3, -0.25) is 14.4 Å². The lowest BCUT2D eigenvalue weighted by Gasteiger charge is -2.38. The van der Waals surface area contributed by atoms with E-state index in [-0.39, 0.29) is 23.5 Å². The van der Waals surface area contributed by atoms with E-state index in [9.17, 15) is 14.4 Å². The molecular formula is C22H30N2O5. The first-order valence-electron chi connectivity index (χ1n) is 10.4. The van der Waals surface area contributed by atoms with Crippen LogP contribution in [0.25, 0.3) is 0 Å². The first-order valence-corrected chi connectivity index (χ1v) is 10.4. The van der Waals surface area contributed by atoms with Crippen molar-refractivity contribution in [3.8, 4) is 11.5 Å². The van der Waals surface area contributed by atoms with Crippen LogP contribution in [0.1, 0.15) is 49.4 Å². The SMILES string of the molecule is COc1cc(C(C)=O)ccc1OCCCC(=O)N1CCN(C(=O)C2CCC2)CC1. The second-order valence-corrected chi connectivity index (χ2v) is 7.71. The molecule has 1 saturated carbocycles. The minimum atomic E-state index is -0.0325. The van der Waals surface area contributed by atoms with Gasteiger partial charge in [0.05, 0.1) is 13.7 Å². The molecule has 2 amide bonds. The number of carbonyl (C=O) groups excluding carboxylic acids is 3. The number of methoxy groups -OCH3 is 1. The van der Waals surface area contributed by atoms with E-state index in [0.29, 0.717) is 62.7 Å². The topological polar surface area (TPSA) is 76.2 Å². The third-order valence-corrected chi connectivity index (χ3v) is 5.76. The standard InChI is InChI=1S/C22H30N2O5/c1-16(25)18-8-9-19(20(15-18)28-2)29-14-4-7-21(26)23-10-12-24(13-11-23)22(27)17-5-3-6-17/h8-9,15,17H,3-7,10-14H2,1-2H3. The molecule has 29 heavy (non-hydrogen) atoms. The molecule has 1 aromatic rings. The van der Waals surface area contributed by atoms with Gasteiger partial charge >= 0.3 is 0 Å². The maximum atomic E-state index is 12.4. The lowest BCUT2D eigenvalue weighted by Crippen LogP contribution is -2.52. The van der Waals surface area contributed by atoms with Crippen molar-refractivity contribution >= 4 is 17.6 Å². The maximum absolute atomic E-state index is 12.4. The number of nitrogens with zero attached hydrogens (tertiary/aromatic N) is 2. The number of ether oxygens (including phenoxy) is 2.